The van der Waals surface area contributed by atoms with Crippen LogP contribution >= 0.6 is 11.3 Å². The van der Waals surface area contributed by atoms with Gasteiger partial charge in [0.05, 0.1) is 5.56 Å². The molecule has 17 heavy (non-hydrogen) atoms. The lowest BCUT2D eigenvalue weighted by molar-refractivity contribution is -0.659. The summed E-state index contributed by atoms with van der Waals surface area (Å²) in [6.07, 6.45) is 0.355. The smallest absolute Gasteiger partial charge is 0.268 e. The maximum Gasteiger partial charge on any atom is 0.268 e. The zero-order valence-corrected chi connectivity index (χ0v) is 10.6. The van der Waals surface area contributed by atoms with Crippen LogP contribution in [0.15, 0.2) is 30.3 Å². The Morgan fingerprint density at radius 2 is 2.00 bits per heavy atom. The Hall–Kier alpha value is -1.68. The van der Waals surface area contributed by atoms with Crippen LogP contribution in [-0.4, -0.2) is 5.78 Å². The van der Waals surface area contributed by atoms with Crippen molar-refractivity contribution in [1.29, 1.82) is 0 Å². The van der Waals surface area contributed by atoms with E-state index in [1.165, 1.54) is 0 Å². The summed E-state index contributed by atoms with van der Waals surface area (Å²) in [5.41, 5.74) is 1.25. The van der Waals surface area contributed by atoms with Crippen molar-refractivity contribution < 1.29 is 14.5 Å². The lowest BCUT2D eigenvalue weighted by Gasteiger charge is -1.98. The first-order valence-electron chi connectivity index (χ1n) is 5.43. The van der Waals surface area contributed by atoms with E-state index >= 15 is 0 Å². The van der Waals surface area contributed by atoms with Crippen molar-refractivity contribution in [3.05, 3.63) is 36.0 Å². The molecule has 0 fully saturated rings. The Bertz CT molecular complexity index is 546. The van der Waals surface area contributed by atoms with E-state index in [4.69, 9.17) is 0 Å². The van der Waals surface area contributed by atoms with E-state index in [1.54, 1.807) is 18.5 Å². The van der Waals surface area contributed by atoms with E-state index in [0.29, 0.717) is 6.42 Å². The summed E-state index contributed by atoms with van der Waals surface area (Å²) in [6.45, 7) is 1.77. The molecule has 2 rings (SSSR count). The number of thiazole rings is 1. The van der Waals surface area contributed by atoms with Crippen LogP contribution in [0.25, 0.3) is 10.6 Å². The molecular formula is C13H13NO2S. The molecule has 0 atom stereocenters. The highest BCUT2D eigenvalue weighted by atomic mass is 32.1. The number of carbonyl (C=O) groups is 1. The normalized spacial score (nSPS) is 10.5. The minimum Gasteiger partial charge on any atom is -0.860 e. The van der Waals surface area contributed by atoms with Crippen molar-refractivity contribution in [2.75, 3.05) is 0 Å². The van der Waals surface area contributed by atoms with Crippen molar-refractivity contribution in [3.8, 4) is 15.6 Å². The molecule has 1 heterocycles. The predicted molar refractivity (Wildman–Crippen MR) is 65.0 cm³/mol. The first-order valence-corrected chi connectivity index (χ1v) is 6.25. The van der Waals surface area contributed by atoms with Gasteiger partial charge in [0.2, 0.25) is 5.78 Å². The lowest BCUT2D eigenvalue weighted by Crippen LogP contribution is -2.35. The number of nitrogens with zero attached hydrogens (tertiary/aromatic N) is 1. The second-order valence-corrected chi connectivity index (χ2v) is 4.71. The highest BCUT2D eigenvalue weighted by Crippen LogP contribution is 2.29. The zero-order valence-electron chi connectivity index (χ0n) is 9.77. The molecule has 0 bridgehead atoms. The van der Waals surface area contributed by atoms with Gasteiger partial charge >= 0.3 is 0 Å². The van der Waals surface area contributed by atoms with Crippen molar-refractivity contribution in [1.82, 2.24) is 0 Å². The van der Waals surface area contributed by atoms with Crippen molar-refractivity contribution in [3.63, 3.8) is 0 Å². The third-order valence-corrected chi connectivity index (χ3v) is 3.71. The third-order valence-electron chi connectivity index (χ3n) is 2.63. The van der Waals surface area contributed by atoms with Gasteiger partial charge in [-0.3, -0.25) is 4.79 Å². The van der Waals surface area contributed by atoms with Crippen LogP contribution in [0.3, 0.4) is 0 Å². The Labute approximate surface area is 104 Å². The molecule has 1 aromatic heterocycles. The fourth-order valence-electron chi connectivity index (χ4n) is 1.74. The molecular weight excluding hydrogens is 234 g/mol. The molecule has 4 heteroatoms. The van der Waals surface area contributed by atoms with Gasteiger partial charge in [-0.15, -0.1) is 0 Å². The molecule has 0 aliphatic rings. The summed E-state index contributed by atoms with van der Waals surface area (Å²) >= 11 is 1.12. The molecule has 2 aromatic rings. The quantitative estimate of drug-likeness (QED) is 0.614. The van der Waals surface area contributed by atoms with Gasteiger partial charge in [0.1, 0.15) is 7.05 Å². The summed E-state index contributed by atoms with van der Waals surface area (Å²) in [6, 6.07) is 9.63. The van der Waals surface area contributed by atoms with Crippen molar-refractivity contribution in [2.24, 2.45) is 7.05 Å². The van der Waals surface area contributed by atoms with E-state index < -0.39 is 0 Å². The van der Waals surface area contributed by atoms with Crippen LogP contribution in [0.2, 0.25) is 0 Å². The largest absolute Gasteiger partial charge is 0.860 e. The van der Waals surface area contributed by atoms with Gasteiger partial charge in [0.25, 0.3) is 10.7 Å². The number of ketones is 1. The molecule has 0 radical (unpaired) electrons. The topological polar surface area (TPSA) is 44.0 Å². The average molecular weight is 247 g/mol. The number of benzene rings is 1. The van der Waals surface area contributed by atoms with E-state index in [1.807, 2.05) is 30.3 Å². The first kappa shape index (κ1) is 11.8. The molecule has 0 spiro atoms. The number of hydrogen-bond acceptors (Lipinski definition) is 3. The van der Waals surface area contributed by atoms with Gasteiger partial charge in [0.15, 0.2) is 0 Å². The summed E-state index contributed by atoms with van der Waals surface area (Å²) < 4.78 is 1.70. The number of rotatable bonds is 3. The molecule has 0 aliphatic heterocycles. The van der Waals surface area contributed by atoms with Gasteiger partial charge in [-0.1, -0.05) is 36.5 Å². The minimum absolute atomic E-state index is 0.101. The van der Waals surface area contributed by atoms with Crippen LogP contribution in [0, 0.1) is 0 Å². The van der Waals surface area contributed by atoms with Gasteiger partial charge in [0, 0.05) is 11.5 Å². The van der Waals surface area contributed by atoms with Gasteiger partial charge in [-0.05, 0) is 12.1 Å². The highest BCUT2D eigenvalue weighted by Gasteiger charge is 2.24. The van der Waals surface area contributed by atoms with Crippen LogP contribution in [0.5, 0.6) is 5.06 Å². The molecule has 0 saturated heterocycles. The molecule has 0 unspecified atom stereocenters. The minimum atomic E-state index is -0.154. The van der Waals surface area contributed by atoms with E-state index in [-0.39, 0.29) is 16.5 Å². The summed E-state index contributed by atoms with van der Waals surface area (Å²) in [7, 11) is 1.77. The maximum atomic E-state index is 11.8. The average Bonchev–Trinajstić information content (AvgIpc) is 2.65. The predicted octanol–water partition coefficient (Wildman–Crippen LogP) is 1.91. The Morgan fingerprint density at radius 3 is 2.59 bits per heavy atom. The van der Waals surface area contributed by atoms with Crippen molar-refractivity contribution in [2.45, 2.75) is 13.3 Å². The highest BCUT2D eigenvalue weighted by molar-refractivity contribution is 7.16. The summed E-state index contributed by atoms with van der Waals surface area (Å²) in [5.74, 6) is -0.101. The number of hydrogen-bond donors (Lipinski definition) is 0. The number of Topliss-reactive ketones (excluding diaryl/α,β-unsaturated/α-hetero) is 1. The van der Waals surface area contributed by atoms with Crippen LogP contribution in [-0.2, 0) is 7.05 Å². The molecule has 88 valence electrons. The molecule has 0 amide bonds. The number of carbonyl (C=O) groups excluding carboxylic acids is 1. The first-order chi connectivity index (χ1) is 8.15. The van der Waals surface area contributed by atoms with E-state index in [0.717, 1.165) is 21.9 Å². The summed E-state index contributed by atoms with van der Waals surface area (Å²) in [5, 5.41) is 12.5. The standard InChI is InChI=1S/C13H13NO2S/c1-3-10(15)11-13(16)17-12(14(11)2)9-7-5-4-6-8-9/h4-8H,3H2,1-2H3. The van der Waals surface area contributed by atoms with Crippen LogP contribution < -0.4 is 9.67 Å². The fraction of sp³-hybridized carbons (Fsp3) is 0.231. The monoisotopic (exact) mass is 247 g/mol. The summed E-state index contributed by atoms with van der Waals surface area (Å²) in [4.78, 5) is 11.7. The SMILES string of the molecule is CCC(=O)c1c([O-])sc(-c2ccccc2)[n+]1C. The molecule has 0 N–H and O–H groups in total. The lowest BCUT2D eigenvalue weighted by atomic mass is 10.2. The Kier molecular flexibility index (Phi) is 3.24. The Morgan fingerprint density at radius 1 is 1.35 bits per heavy atom. The second kappa shape index (κ2) is 4.67. The van der Waals surface area contributed by atoms with Crippen LogP contribution in [0.4, 0.5) is 0 Å². The van der Waals surface area contributed by atoms with E-state index in [9.17, 15) is 9.90 Å². The van der Waals surface area contributed by atoms with Gasteiger partial charge in [-0.2, -0.15) is 4.57 Å². The van der Waals surface area contributed by atoms with E-state index in [2.05, 4.69) is 0 Å². The fourth-order valence-corrected chi connectivity index (χ4v) is 2.75. The second-order valence-electron chi connectivity index (χ2n) is 3.75. The zero-order chi connectivity index (χ0) is 12.4. The molecule has 0 aliphatic carbocycles. The number of aromatic nitrogens is 1. The molecule has 1 aromatic carbocycles. The maximum absolute atomic E-state index is 11.8. The molecule has 0 saturated carbocycles. The third kappa shape index (κ3) is 2.08. The van der Waals surface area contributed by atoms with Gasteiger partial charge in [-0.25, -0.2) is 0 Å². The van der Waals surface area contributed by atoms with Crippen molar-refractivity contribution >= 4 is 17.1 Å². The Balaban J connectivity index is 2.56. The van der Waals surface area contributed by atoms with Crippen LogP contribution in [0.1, 0.15) is 23.8 Å². The van der Waals surface area contributed by atoms with Gasteiger partial charge < -0.3 is 5.11 Å². The molecule has 3 nitrogen and oxygen atoms in total.